The highest BCUT2D eigenvalue weighted by atomic mass is 16.2. The van der Waals surface area contributed by atoms with Crippen molar-refractivity contribution in [3.8, 4) is 0 Å². The van der Waals surface area contributed by atoms with Gasteiger partial charge in [-0.1, -0.05) is 13.3 Å². The van der Waals surface area contributed by atoms with Crippen LogP contribution in [0.25, 0.3) is 0 Å². The van der Waals surface area contributed by atoms with E-state index in [9.17, 15) is 9.59 Å². The number of hydrogen-bond acceptors (Lipinski definition) is 3. The number of nitrogens with one attached hydrogen (secondary N) is 2. The molecule has 2 amide bonds. The minimum absolute atomic E-state index is 0.0415. The zero-order valence-corrected chi connectivity index (χ0v) is 11.7. The Morgan fingerprint density at radius 2 is 2.25 bits per heavy atom. The third-order valence-electron chi connectivity index (χ3n) is 3.39. The van der Waals surface area contributed by atoms with Crippen LogP contribution in [0.3, 0.4) is 0 Å². The highest BCUT2D eigenvalue weighted by Gasteiger charge is 2.15. The van der Waals surface area contributed by atoms with Crippen LogP contribution in [0.5, 0.6) is 0 Å². The first-order valence-electron chi connectivity index (χ1n) is 7.06. The first-order valence-corrected chi connectivity index (χ1v) is 7.06. The quantitative estimate of drug-likeness (QED) is 0.768. The number of aryl methyl sites for hydroxylation is 1. The number of rotatable bonds is 5. The summed E-state index contributed by atoms with van der Waals surface area (Å²) in [4.78, 5) is 23.1. The Kier molecular flexibility index (Phi) is 4.74. The van der Waals surface area contributed by atoms with E-state index in [0.29, 0.717) is 19.3 Å². The molecule has 108 valence electrons. The summed E-state index contributed by atoms with van der Waals surface area (Å²) in [7, 11) is 0. The van der Waals surface area contributed by atoms with E-state index in [2.05, 4.69) is 17.6 Å². The Labute approximate surface area is 118 Å². The smallest absolute Gasteiger partial charge is 0.225 e. The summed E-state index contributed by atoms with van der Waals surface area (Å²) < 4.78 is 0. The maximum absolute atomic E-state index is 11.9. The van der Waals surface area contributed by atoms with Gasteiger partial charge in [0.15, 0.2) is 0 Å². The first kappa shape index (κ1) is 14.5. The van der Waals surface area contributed by atoms with Gasteiger partial charge in [0, 0.05) is 30.3 Å². The molecule has 0 fully saturated rings. The number of benzene rings is 1. The highest BCUT2D eigenvalue weighted by Crippen LogP contribution is 2.25. The summed E-state index contributed by atoms with van der Waals surface area (Å²) in [5.74, 6) is -0.0226. The van der Waals surface area contributed by atoms with Gasteiger partial charge in [0.1, 0.15) is 0 Å². The van der Waals surface area contributed by atoms with Crippen molar-refractivity contribution in [1.29, 1.82) is 0 Å². The molecule has 1 aliphatic rings. The van der Waals surface area contributed by atoms with E-state index in [1.807, 2.05) is 12.1 Å². The molecule has 5 nitrogen and oxygen atoms in total. The maximum atomic E-state index is 11.9. The van der Waals surface area contributed by atoms with Gasteiger partial charge in [-0.15, -0.1) is 0 Å². The summed E-state index contributed by atoms with van der Waals surface area (Å²) in [6, 6.07) is 5.46. The number of amides is 2. The van der Waals surface area contributed by atoms with E-state index in [4.69, 9.17) is 5.73 Å². The van der Waals surface area contributed by atoms with Crippen LogP contribution in [0.4, 0.5) is 11.4 Å². The molecule has 20 heavy (non-hydrogen) atoms. The fraction of sp³-hybridized carbons (Fsp3) is 0.467. The Balaban J connectivity index is 1.97. The largest absolute Gasteiger partial charge is 0.327 e. The van der Waals surface area contributed by atoms with Crippen LogP contribution in [0.1, 0.15) is 38.2 Å². The van der Waals surface area contributed by atoms with Gasteiger partial charge >= 0.3 is 0 Å². The molecule has 0 radical (unpaired) electrons. The predicted molar refractivity (Wildman–Crippen MR) is 79.5 cm³/mol. The molecule has 1 aliphatic heterocycles. The lowest BCUT2D eigenvalue weighted by molar-refractivity contribution is -0.117. The predicted octanol–water partition coefficient (Wildman–Crippen LogP) is 2.03. The van der Waals surface area contributed by atoms with E-state index >= 15 is 0 Å². The normalized spacial score (nSPS) is 15.2. The van der Waals surface area contributed by atoms with Gasteiger partial charge in [-0.2, -0.15) is 0 Å². The average Bonchev–Trinajstić information content (AvgIpc) is 2.39. The van der Waals surface area contributed by atoms with Crippen LogP contribution < -0.4 is 16.4 Å². The standard InChI is InChI=1S/C15H21N3O2/c1-2-3-11(16)9-15(20)17-12-5-6-13-10(8-12)4-7-14(19)18-13/h5-6,8,11H,2-4,7,9,16H2,1H3,(H,17,20)(H,18,19). The number of carbonyl (C=O) groups is 2. The van der Waals surface area contributed by atoms with Crippen molar-refractivity contribution >= 4 is 23.2 Å². The number of hydrogen-bond donors (Lipinski definition) is 3. The Bertz CT molecular complexity index is 514. The fourth-order valence-corrected chi connectivity index (χ4v) is 2.38. The van der Waals surface area contributed by atoms with Gasteiger partial charge in [-0.25, -0.2) is 0 Å². The Hall–Kier alpha value is -1.88. The van der Waals surface area contributed by atoms with Crippen molar-refractivity contribution in [3.63, 3.8) is 0 Å². The molecule has 0 saturated carbocycles. The van der Waals surface area contributed by atoms with Crippen LogP contribution in [-0.4, -0.2) is 17.9 Å². The fourth-order valence-electron chi connectivity index (χ4n) is 2.38. The first-order chi connectivity index (χ1) is 9.58. The van der Waals surface area contributed by atoms with Crippen molar-refractivity contribution in [2.45, 2.75) is 45.1 Å². The van der Waals surface area contributed by atoms with Crippen molar-refractivity contribution < 1.29 is 9.59 Å². The molecule has 5 heteroatoms. The molecule has 0 spiro atoms. The zero-order valence-electron chi connectivity index (χ0n) is 11.7. The second-order valence-electron chi connectivity index (χ2n) is 5.22. The van der Waals surface area contributed by atoms with Gasteiger partial charge in [0.2, 0.25) is 11.8 Å². The van der Waals surface area contributed by atoms with Gasteiger partial charge in [-0.05, 0) is 36.6 Å². The minimum atomic E-state index is -0.0862. The molecule has 0 bridgehead atoms. The molecule has 0 aromatic heterocycles. The molecule has 1 aromatic carbocycles. The number of carbonyl (C=O) groups excluding carboxylic acids is 2. The molecule has 0 saturated heterocycles. The van der Waals surface area contributed by atoms with Crippen LogP contribution in [0.15, 0.2) is 18.2 Å². The van der Waals surface area contributed by atoms with E-state index in [0.717, 1.165) is 29.8 Å². The molecular weight excluding hydrogens is 254 g/mol. The van der Waals surface area contributed by atoms with Crippen molar-refractivity contribution in [2.24, 2.45) is 5.73 Å². The van der Waals surface area contributed by atoms with Gasteiger partial charge < -0.3 is 16.4 Å². The SMILES string of the molecule is CCCC(N)CC(=O)Nc1ccc2c(c1)CCC(=O)N2. The lowest BCUT2D eigenvalue weighted by Gasteiger charge is -2.18. The van der Waals surface area contributed by atoms with Crippen molar-refractivity contribution in [1.82, 2.24) is 0 Å². The Morgan fingerprint density at radius 3 is 3.00 bits per heavy atom. The van der Waals surface area contributed by atoms with E-state index in [-0.39, 0.29) is 17.9 Å². The number of anilines is 2. The second-order valence-corrected chi connectivity index (χ2v) is 5.22. The van der Waals surface area contributed by atoms with E-state index < -0.39 is 0 Å². The third kappa shape index (κ3) is 3.81. The van der Waals surface area contributed by atoms with Crippen molar-refractivity contribution in [2.75, 3.05) is 10.6 Å². The molecule has 1 heterocycles. The monoisotopic (exact) mass is 275 g/mol. The van der Waals surface area contributed by atoms with E-state index in [1.165, 1.54) is 0 Å². The molecular formula is C15H21N3O2. The number of fused-ring (bicyclic) bond motifs is 1. The number of nitrogens with two attached hydrogens (primary N) is 1. The molecule has 1 unspecified atom stereocenters. The summed E-state index contributed by atoms with van der Waals surface area (Å²) >= 11 is 0. The average molecular weight is 275 g/mol. The lowest BCUT2D eigenvalue weighted by Crippen LogP contribution is -2.27. The van der Waals surface area contributed by atoms with Gasteiger partial charge in [0.25, 0.3) is 0 Å². The van der Waals surface area contributed by atoms with Crippen LogP contribution in [0.2, 0.25) is 0 Å². The van der Waals surface area contributed by atoms with Gasteiger partial charge in [-0.3, -0.25) is 9.59 Å². The molecule has 2 rings (SSSR count). The maximum Gasteiger partial charge on any atom is 0.225 e. The summed E-state index contributed by atoms with van der Waals surface area (Å²) in [5.41, 5.74) is 8.51. The molecule has 4 N–H and O–H groups in total. The minimum Gasteiger partial charge on any atom is -0.327 e. The highest BCUT2D eigenvalue weighted by molar-refractivity contribution is 5.95. The summed E-state index contributed by atoms with van der Waals surface area (Å²) in [6.45, 7) is 2.05. The van der Waals surface area contributed by atoms with Crippen LogP contribution in [0, 0.1) is 0 Å². The van der Waals surface area contributed by atoms with Crippen molar-refractivity contribution in [3.05, 3.63) is 23.8 Å². The molecule has 1 atom stereocenters. The lowest BCUT2D eigenvalue weighted by atomic mass is 10.0. The zero-order chi connectivity index (χ0) is 14.5. The molecule has 1 aromatic rings. The van der Waals surface area contributed by atoms with Crippen LogP contribution >= 0.6 is 0 Å². The summed E-state index contributed by atoms with van der Waals surface area (Å²) in [6.07, 6.45) is 3.37. The topological polar surface area (TPSA) is 84.2 Å². The van der Waals surface area contributed by atoms with Crippen LogP contribution in [-0.2, 0) is 16.0 Å². The van der Waals surface area contributed by atoms with E-state index in [1.54, 1.807) is 6.07 Å². The Morgan fingerprint density at radius 1 is 1.45 bits per heavy atom. The molecule has 0 aliphatic carbocycles. The van der Waals surface area contributed by atoms with Gasteiger partial charge in [0.05, 0.1) is 0 Å². The summed E-state index contributed by atoms with van der Waals surface area (Å²) in [5, 5.41) is 5.68. The second kappa shape index (κ2) is 6.52. The third-order valence-corrected chi connectivity index (χ3v) is 3.39.